The molecular weight excluding hydrogens is 430 g/mol. The second-order valence-electron chi connectivity index (χ2n) is 12.2. The van der Waals surface area contributed by atoms with Gasteiger partial charge < -0.3 is 30.8 Å². The fourth-order valence-electron chi connectivity index (χ4n) is 8.81. The molecule has 1 heterocycles. The first-order valence-corrected chi connectivity index (χ1v) is 13.3. The Bertz CT molecular complexity index is 913. The second kappa shape index (κ2) is 8.74. The highest BCUT2D eigenvalue weighted by Gasteiger charge is 2.62. The van der Waals surface area contributed by atoms with Crippen LogP contribution in [0, 0.1) is 34.5 Å². The molecule has 3 unspecified atom stereocenters. The third-order valence-corrected chi connectivity index (χ3v) is 10.6. The predicted octanol–water partition coefficient (Wildman–Crippen LogP) is 3.91. The van der Waals surface area contributed by atoms with Gasteiger partial charge >= 0.3 is 0 Å². The maximum atomic E-state index is 12.0. The summed E-state index contributed by atoms with van der Waals surface area (Å²) in [5.41, 5.74) is 10.8. The molecule has 4 aliphatic rings. The smallest absolute Gasteiger partial charge is 0.290 e. The normalized spacial score (nSPS) is 43.5. The highest BCUT2D eigenvalue weighted by Crippen LogP contribution is 2.68. The number of hydrogen-bond donors (Lipinski definition) is 4. The molecule has 0 saturated heterocycles. The highest BCUT2D eigenvalue weighted by molar-refractivity contribution is 5.75. The summed E-state index contributed by atoms with van der Waals surface area (Å²) >= 11 is 0. The van der Waals surface area contributed by atoms with Gasteiger partial charge in [-0.25, -0.2) is 0 Å². The van der Waals surface area contributed by atoms with Gasteiger partial charge in [-0.1, -0.05) is 13.8 Å². The molecule has 1 aromatic heterocycles. The SMILES string of the molecule is C[C@]12CC(O)(c3ccoc3OCCCN=C(N)N)CCC1CC[C@@H]1[C@H]2CC[C@]2(C)C(O)CC[C@@H]12. The van der Waals surface area contributed by atoms with Crippen molar-refractivity contribution in [3.63, 3.8) is 0 Å². The molecule has 4 fully saturated rings. The van der Waals surface area contributed by atoms with E-state index in [1.165, 1.54) is 12.8 Å². The summed E-state index contributed by atoms with van der Waals surface area (Å²) < 4.78 is 11.6. The van der Waals surface area contributed by atoms with Gasteiger partial charge in [0.05, 0.1) is 30.1 Å². The molecule has 1 aromatic rings. The highest BCUT2D eigenvalue weighted by atomic mass is 16.6. The Hall–Kier alpha value is -1.73. The number of nitrogens with two attached hydrogens (primary N) is 2. The lowest BCUT2D eigenvalue weighted by Gasteiger charge is -2.62. The number of nitrogens with zero attached hydrogens (tertiary/aromatic N) is 1. The lowest BCUT2D eigenvalue weighted by Crippen LogP contribution is -2.56. The van der Waals surface area contributed by atoms with Crippen LogP contribution in [-0.4, -0.2) is 35.4 Å². The molecule has 0 amide bonds. The topological polar surface area (TPSA) is 127 Å². The Morgan fingerprint density at radius 3 is 2.68 bits per heavy atom. The molecule has 5 rings (SSSR count). The van der Waals surface area contributed by atoms with E-state index in [2.05, 4.69) is 18.8 Å². The summed E-state index contributed by atoms with van der Waals surface area (Å²) in [4.78, 5) is 3.99. The van der Waals surface area contributed by atoms with E-state index in [1.54, 1.807) is 6.26 Å². The number of aliphatic hydroxyl groups is 2. The zero-order chi connectivity index (χ0) is 24.1. The number of aliphatic imine (C=N–C) groups is 1. The van der Waals surface area contributed by atoms with Crippen LogP contribution in [-0.2, 0) is 5.60 Å². The van der Waals surface area contributed by atoms with Crippen molar-refractivity contribution in [3.8, 4) is 5.95 Å². The van der Waals surface area contributed by atoms with Crippen molar-refractivity contribution in [2.24, 2.45) is 51.0 Å². The molecule has 0 bridgehead atoms. The molecule has 0 aromatic carbocycles. The zero-order valence-corrected chi connectivity index (χ0v) is 20.8. The monoisotopic (exact) mass is 473 g/mol. The molecule has 4 saturated carbocycles. The number of aliphatic hydroxyl groups excluding tert-OH is 1. The van der Waals surface area contributed by atoms with Crippen molar-refractivity contribution < 1.29 is 19.4 Å². The average Bonchev–Trinajstić information content (AvgIpc) is 3.38. The molecule has 7 nitrogen and oxygen atoms in total. The summed E-state index contributed by atoms with van der Waals surface area (Å²) in [5, 5.41) is 22.8. The summed E-state index contributed by atoms with van der Waals surface area (Å²) in [6.07, 6.45) is 11.6. The number of furan rings is 1. The molecule has 6 N–H and O–H groups in total. The van der Waals surface area contributed by atoms with Crippen LogP contribution in [0.1, 0.15) is 83.6 Å². The maximum absolute atomic E-state index is 12.0. The van der Waals surface area contributed by atoms with Crippen LogP contribution < -0.4 is 16.2 Å². The third kappa shape index (κ3) is 3.83. The van der Waals surface area contributed by atoms with Crippen molar-refractivity contribution >= 4 is 5.96 Å². The van der Waals surface area contributed by atoms with Crippen LogP contribution in [0.2, 0.25) is 0 Å². The van der Waals surface area contributed by atoms with E-state index in [0.717, 1.165) is 50.5 Å². The van der Waals surface area contributed by atoms with E-state index in [0.29, 0.717) is 49.2 Å². The number of ether oxygens (including phenoxy) is 1. The average molecular weight is 474 g/mol. The third-order valence-electron chi connectivity index (χ3n) is 10.6. The molecule has 0 radical (unpaired) electrons. The van der Waals surface area contributed by atoms with Crippen molar-refractivity contribution in [3.05, 3.63) is 17.9 Å². The minimum atomic E-state index is -0.939. The molecule has 0 aliphatic heterocycles. The van der Waals surface area contributed by atoms with Crippen LogP contribution in [0.5, 0.6) is 5.95 Å². The minimum Gasteiger partial charge on any atom is -0.465 e. The Morgan fingerprint density at radius 1 is 1.09 bits per heavy atom. The summed E-state index contributed by atoms with van der Waals surface area (Å²) in [7, 11) is 0. The van der Waals surface area contributed by atoms with Crippen LogP contribution in [0.3, 0.4) is 0 Å². The van der Waals surface area contributed by atoms with Gasteiger partial charge in [0, 0.05) is 13.0 Å². The molecule has 4 aliphatic carbocycles. The number of fused-ring (bicyclic) bond motifs is 5. The predicted molar refractivity (Wildman–Crippen MR) is 131 cm³/mol. The van der Waals surface area contributed by atoms with Gasteiger partial charge in [0.2, 0.25) is 0 Å². The van der Waals surface area contributed by atoms with Gasteiger partial charge in [0.15, 0.2) is 5.96 Å². The lowest BCUT2D eigenvalue weighted by molar-refractivity contribution is -0.165. The van der Waals surface area contributed by atoms with Gasteiger partial charge in [-0.3, -0.25) is 4.99 Å². The Morgan fingerprint density at radius 2 is 1.88 bits per heavy atom. The first-order chi connectivity index (χ1) is 16.2. The van der Waals surface area contributed by atoms with Crippen molar-refractivity contribution in [1.29, 1.82) is 0 Å². The van der Waals surface area contributed by atoms with Crippen molar-refractivity contribution in [2.45, 2.75) is 89.8 Å². The van der Waals surface area contributed by atoms with Crippen LogP contribution in [0.4, 0.5) is 0 Å². The van der Waals surface area contributed by atoms with Crippen molar-refractivity contribution in [2.75, 3.05) is 13.2 Å². The number of hydrogen-bond acceptors (Lipinski definition) is 5. The van der Waals surface area contributed by atoms with Gasteiger partial charge in [-0.15, -0.1) is 0 Å². The standard InChI is InChI=1S/C27H43N3O4/c1-25-11-9-20-18(19(25)6-7-22(25)31)5-4-17-8-12-27(32,16-26(17,20)2)21-10-15-34-23(21)33-14-3-13-30-24(28)29/h10,15,17-20,22,31-32H,3-9,11-14,16H2,1-2H3,(H4,28,29,30)/t17?,18-,19-,20+,22?,25-,26-,27?/m0/s1. The van der Waals surface area contributed by atoms with E-state index in [-0.39, 0.29) is 22.9 Å². The fourth-order valence-corrected chi connectivity index (χ4v) is 8.81. The summed E-state index contributed by atoms with van der Waals surface area (Å²) in [6, 6.07) is 1.89. The minimum absolute atomic E-state index is 0.0823. The number of rotatable bonds is 6. The zero-order valence-electron chi connectivity index (χ0n) is 20.8. The van der Waals surface area contributed by atoms with Crippen molar-refractivity contribution in [1.82, 2.24) is 0 Å². The van der Waals surface area contributed by atoms with Gasteiger partial charge in [-0.2, -0.15) is 0 Å². The Labute approximate surface area is 203 Å². The van der Waals surface area contributed by atoms with Gasteiger partial charge in [0.25, 0.3) is 5.95 Å². The van der Waals surface area contributed by atoms with Crippen LogP contribution in [0.15, 0.2) is 21.7 Å². The molecule has 0 spiro atoms. The quantitative estimate of drug-likeness (QED) is 0.282. The summed E-state index contributed by atoms with van der Waals surface area (Å²) in [6.45, 7) is 5.71. The van der Waals surface area contributed by atoms with E-state index in [4.69, 9.17) is 20.6 Å². The Balaban J connectivity index is 1.33. The Kier molecular flexibility index (Phi) is 6.16. The van der Waals surface area contributed by atoms with E-state index in [9.17, 15) is 10.2 Å². The van der Waals surface area contributed by atoms with Crippen LogP contribution >= 0.6 is 0 Å². The fraction of sp³-hybridized carbons (Fsp3) is 0.815. The lowest BCUT2D eigenvalue weighted by atomic mass is 9.43. The molecular formula is C27H43N3O4. The van der Waals surface area contributed by atoms with Gasteiger partial charge in [-0.05, 0) is 98.4 Å². The first-order valence-electron chi connectivity index (χ1n) is 13.3. The maximum Gasteiger partial charge on any atom is 0.290 e. The largest absolute Gasteiger partial charge is 0.465 e. The van der Waals surface area contributed by atoms with E-state index < -0.39 is 5.60 Å². The summed E-state index contributed by atoms with van der Waals surface area (Å²) in [5.74, 6) is 3.05. The van der Waals surface area contributed by atoms with Gasteiger partial charge in [0.1, 0.15) is 0 Å². The number of guanidine groups is 1. The molecule has 34 heavy (non-hydrogen) atoms. The van der Waals surface area contributed by atoms with E-state index >= 15 is 0 Å². The second-order valence-corrected chi connectivity index (χ2v) is 12.2. The first kappa shape index (κ1) is 24.0. The van der Waals surface area contributed by atoms with Crippen LogP contribution in [0.25, 0.3) is 0 Å². The molecule has 190 valence electrons. The molecule has 7 heteroatoms. The van der Waals surface area contributed by atoms with E-state index in [1.807, 2.05) is 6.07 Å². The molecule has 8 atom stereocenters.